The van der Waals surface area contributed by atoms with Gasteiger partial charge in [-0.2, -0.15) is 0 Å². The molecule has 5 nitrogen and oxygen atoms in total. The second-order valence-corrected chi connectivity index (χ2v) is 8.62. The number of hydrogen-bond donors (Lipinski definition) is 3. The van der Waals surface area contributed by atoms with Gasteiger partial charge in [-0.1, -0.05) is 6.07 Å². The third kappa shape index (κ3) is 5.36. The van der Waals surface area contributed by atoms with E-state index in [9.17, 15) is 5.11 Å². The first-order valence-electron chi connectivity index (χ1n) is 10.3. The first-order valence-corrected chi connectivity index (χ1v) is 11.2. The van der Waals surface area contributed by atoms with Gasteiger partial charge in [0.05, 0.1) is 5.00 Å². The molecule has 2 heterocycles. The Bertz CT molecular complexity index is 816. The van der Waals surface area contributed by atoms with Gasteiger partial charge >= 0.3 is 0 Å². The second kappa shape index (κ2) is 10.5. The Balaban J connectivity index is 0.00000240. The van der Waals surface area contributed by atoms with E-state index < -0.39 is 0 Å². The lowest BCUT2D eigenvalue weighted by Crippen LogP contribution is -2.48. The van der Waals surface area contributed by atoms with Crippen LogP contribution >= 0.6 is 35.3 Å². The average Bonchev–Trinajstić information content (AvgIpc) is 3.27. The molecule has 1 aromatic heterocycles. The number of nitrogens with zero attached hydrogens (tertiary/aromatic N) is 2. The molecule has 0 radical (unpaired) electrons. The molecule has 2 aliphatic rings. The van der Waals surface area contributed by atoms with Gasteiger partial charge in [-0.05, 0) is 73.2 Å². The van der Waals surface area contributed by atoms with Crippen molar-refractivity contribution in [3.05, 3.63) is 46.3 Å². The fourth-order valence-corrected chi connectivity index (χ4v) is 5.13. The number of aliphatic imine (C=N–C) groups is 1. The summed E-state index contributed by atoms with van der Waals surface area (Å²) in [4.78, 5) is 6.87. The van der Waals surface area contributed by atoms with Gasteiger partial charge in [-0.3, -0.25) is 4.99 Å². The minimum Gasteiger partial charge on any atom is -0.508 e. The molecule has 4 rings (SSSR count). The van der Waals surface area contributed by atoms with Gasteiger partial charge in [0.2, 0.25) is 0 Å². The number of hydrogen-bond acceptors (Lipinski definition) is 4. The minimum absolute atomic E-state index is 0. The third-order valence-corrected chi connectivity index (χ3v) is 6.87. The Labute approximate surface area is 194 Å². The van der Waals surface area contributed by atoms with Crippen LogP contribution in [0, 0.1) is 0 Å². The van der Waals surface area contributed by atoms with Crippen molar-refractivity contribution in [3.63, 3.8) is 0 Å². The molecule has 0 amide bonds. The highest BCUT2D eigenvalue weighted by molar-refractivity contribution is 14.0. The van der Waals surface area contributed by atoms with Gasteiger partial charge in [0.1, 0.15) is 5.75 Å². The molecular formula is C22H31IN4OS. The maximum atomic E-state index is 10.4. The van der Waals surface area contributed by atoms with Gasteiger partial charge in [0.15, 0.2) is 5.96 Å². The molecule has 29 heavy (non-hydrogen) atoms. The summed E-state index contributed by atoms with van der Waals surface area (Å²) < 4.78 is 0. The number of benzene rings is 1. The van der Waals surface area contributed by atoms with E-state index in [2.05, 4.69) is 44.1 Å². The van der Waals surface area contributed by atoms with E-state index in [4.69, 9.17) is 0 Å². The van der Waals surface area contributed by atoms with Gasteiger partial charge < -0.3 is 20.6 Å². The summed E-state index contributed by atoms with van der Waals surface area (Å²) in [5.41, 5.74) is 3.76. The molecular weight excluding hydrogens is 495 g/mol. The van der Waals surface area contributed by atoms with Crippen LogP contribution < -0.4 is 15.5 Å². The highest BCUT2D eigenvalue weighted by Crippen LogP contribution is 2.30. The number of phenolic OH excluding ortho intramolecular Hbond substituents is 1. The van der Waals surface area contributed by atoms with Crippen molar-refractivity contribution in [1.82, 2.24) is 10.6 Å². The second-order valence-electron chi connectivity index (χ2n) is 7.69. The van der Waals surface area contributed by atoms with Crippen molar-refractivity contribution in [2.75, 3.05) is 25.0 Å². The molecule has 3 N–H and O–H groups in total. The van der Waals surface area contributed by atoms with Crippen LogP contribution in [0.2, 0.25) is 0 Å². The Kier molecular flexibility index (Phi) is 8.06. The van der Waals surface area contributed by atoms with Crippen LogP contribution in [0.3, 0.4) is 0 Å². The van der Waals surface area contributed by atoms with Crippen molar-refractivity contribution < 1.29 is 5.11 Å². The van der Waals surface area contributed by atoms with E-state index >= 15 is 0 Å². The van der Waals surface area contributed by atoms with E-state index in [0.29, 0.717) is 18.3 Å². The number of thiophene rings is 1. The number of halogens is 1. The molecule has 0 atom stereocenters. The predicted molar refractivity (Wildman–Crippen MR) is 133 cm³/mol. The van der Waals surface area contributed by atoms with Crippen LogP contribution in [0.15, 0.2) is 34.6 Å². The molecule has 0 saturated carbocycles. The third-order valence-electron chi connectivity index (χ3n) is 5.94. The number of anilines is 1. The van der Waals surface area contributed by atoms with Crippen LogP contribution in [-0.4, -0.2) is 37.2 Å². The zero-order valence-electron chi connectivity index (χ0n) is 17.0. The molecule has 1 aromatic carbocycles. The fraction of sp³-hybridized carbons (Fsp3) is 0.500. The molecule has 1 saturated heterocycles. The van der Waals surface area contributed by atoms with Gasteiger partial charge in [-0.15, -0.1) is 35.3 Å². The molecule has 0 bridgehead atoms. The Morgan fingerprint density at radius 2 is 2.00 bits per heavy atom. The highest BCUT2D eigenvalue weighted by Gasteiger charge is 2.21. The van der Waals surface area contributed by atoms with E-state index in [1.54, 1.807) is 0 Å². The van der Waals surface area contributed by atoms with Crippen LogP contribution in [0.4, 0.5) is 5.00 Å². The van der Waals surface area contributed by atoms with Crippen LogP contribution in [0.1, 0.15) is 42.4 Å². The van der Waals surface area contributed by atoms with E-state index in [0.717, 1.165) is 50.3 Å². The average molecular weight is 526 g/mol. The van der Waals surface area contributed by atoms with Crippen LogP contribution in [-0.2, 0) is 19.4 Å². The topological polar surface area (TPSA) is 59.9 Å². The summed E-state index contributed by atoms with van der Waals surface area (Å²) in [5, 5.41) is 20.9. The van der Waals surface area contributed by atoms with Gasteiger partial charge in [-0.25, -0.2) is 0 Å². The Hall–Kier alpha value is -1.48. The monoisotopic (exact) mass is 526 g/mol. The summed E-state index contributed by atoms with van der Waals surface area (Å²) in [5.74, 6) is 1.22. The Morgan fingerprint density at radius 1 is 1.21 bits per heavy atom. The fourth-order valence-electron chi connectivity index (χ4n) is 4.34. The van der Waals surface area contributed by atoms with Gasteiger partial charge in [0, 0.05) is 38.3 Å². The number of aryl methyl sites for hydroxylation is 1. The van der Waals surface area contributed by atoms with Gasteiger partial charge in [0.25, 0.3) is 0 Å². The molecule has 0 spiro atoms. The molecule has 1 aliphatic heterocycles. The van der Waals surface area contributed by atoms with Crippen molar-refractivity contribution in [3.8, 4) is 5.75 Å². The molecule has 158 valence electrons. The SMILES string of the molecule is CN=C(NCc1c(O)ccc2c1CCCC2)NC1CCN(c2cccs2)CC1.I. The lowest BCUT2D eigenvalue weighted by molar-refractivity contribution is 0.457. The maximum Gasteiger partial charge on any atom is 0.191 e. The predicted octanol–water partition coefficient (Wildman–Crippen LogP) is 4.28. The summed E-state index contributed by atoms with van der Waals surface area (Å²) >= 11 is 1.81. The highest BCUT2D eigenvalue weighted by atomic mass is 127. The number of nitrogens with one attached hydrogen (secondary N) is 2. The molecule has 7 heteroatoms. The summed E-state index contributed by atoms with van der Waals surface area (Å²) in [7, 11) is 1.82. The molecule has 0 unspecified atom stereocenters. The lowest BCUT2D eigenvalue weighted by Gasteiger charge is -2.33. The Morgan fingerprint density at radius 3 is 2.72 bits per heavy atom. The van der Waals surface area contributed by atoms with Crippen molar-refractivity contribution in [2.45, 2.75) is 51.1 Å². The number of piperidine rings is 1. The minimum atomic E-state index is 0. The van der Waals surface area contributed by atoms with Crippen molar-refractivity contribution in [1.29, 1.82) is 0 Å². The number of aromatic hydroxyl groups is 1. The quantitative estimate of drug-likeness (QED) is 0.316. The summed E-state index contributed by atoms with van der Waals surface area (Å²) in [6.07, 6.45) is 6.85. The van der Waals surface area contributed by atoms with E-state index in [1.165, 1.54) is 29.0 Å². The zero-order valence-corrected chi connectivity index (χ0v) is 20.1. The van der Waals surface area contributed by atoms with Crippen molar-refractivity contribution >= 4 is 46.3 Å². The first kappa shape index (κ1) is 22.2. The number of rotatable bonds is 4. The zero-order chi connectivity index (χ0) is 19.3. The normalized spacial score (nSPS) is 17.4. The summed E-state index contributed by atoms with van der Waals surface area (Å²) in [6.45, 7) is 2.76. The number of guanidine groups is 1. The lowest BCUT2D eigenvalue weighted by atomic mass is 9.88. The smallest absolute Gasteiger partial charge is 0.191 e. The summed E-state index contributed by atoms with van der Waals surface area (Å²) in [6, 6.07) is 8.68. The molecule has 2 aromatic rings. The maximum absolute atomic E-state index is 10.4. The molecule has 1 fully saturated rings. The van der Waals surface area contributed by atoms with Crippen LogP contribution in [0.25, 0.3) is 0 Å². The van der Waals surface area contributed by atoms with Crippen LogP contribution in [0.5, 0.6) is 5.75 Å². The standard InChI is InChI=1S/C22H30N4OS.HI/c1-23-22(25-17-10-12-26(13-11-17)21-7-4-14-28-21)24-15-19-18-6-3-2-5-16(18)8-9-20(19)27;/h4,7-9,14,17,27H,2-3,5-6,10-13,15H2,1H3,(H2,23,24,25);1H. The largest absolute Gasteiger partial charge is 0.508 e. The molecule has 1 aliphatic carbocycles. The van der Waals surface area contributed by atoms with Crippen molar-refractivity contribution in [2.24, 2.45) is 4.99 Å². The number of fused-ring (bicyclic) bond motifs is 1. The van der Waals surface area contributed by atoms with E-state index in [-0.39, 0.29) is 24.0 Å². The van der Waals surface area contributed by atoms with E-state index in [1.807, 2.05) is 24.5 Å². The first-order chi connectivity index (χ1) is 13.7. The number of phenols is 1.